The van der Waals surface area contributed by atoms with Crippen molar-refractivity contribution in [2.24, 2.45) is 22.7 Å². The van der Waals surface area contributed by atoms with Crippen molar-refractivity contribution in [1.29, 1.82) is 0 Å². The molecule has 5 amide bonds. The van der Waals surface area contributed by atoms with Gasteiger partial charge in [0.05, 0.1) is 16.5 Å². The van der Waals surface area contributed by atoms with Crippen molar-refractivity contribution >= 4 is 50.9 Å². The number of thiophene rings is 1. The molecule has 5 atom stereocenters. The summed E-state index contributed by atoms with van der Waals surface area (Å²) in [7, 11) is -3.67. The van der Waals surface area contributed by atoms with Crippen LogP contribution in [-0.4, -0.2) is 90.5 Å². The van der Waals surface area contributed by atoms with Gasteiger partial charge in [-0.2, -0.15) is 4.31 Å². The smallest absolute Gasteiger partial charge is 0.315 e. The van der Waals surface area contributed by atoms with Crippen LogP contribution in [0.1, 0.15) is 91.4 Å². The van der Waals surface area contributed by atoms with Crippen LogP contribution < -0.4 is 21.3 Å². The number of likely N-dealkylation sites (tertiary alicyclic amines) is 1. The molecule has 51 heavy (non-hydrogen) atoms. The van der Waals surface area contributed by atoms with Gasteiger partial charge in [0.15, 0.2) is 0 Å². The van der Waals surface area contributed by atoms with Gasteiger partial charge in [0.2, 0.25) is 27.6 Å². The summed E-state index contributed by atoms with van der Waals surface area (Å²) in [5.41, 5.74) is -1.78. The van der Waals surface area contributed by atoms with E-state index in [4.69, 9.17) is 0 Å². The highest BCUT2D eigenvalue weighted by Crippen LogP contribution is 2.65. The Labute approximate surface area is 305 Å². The van der Waals surface area contributed by atoms with Crippen LogP contribution in [0, 0.1) is 22.7 Å². The Morgan fingerprint density at radius 1 is 1.10 bits per heavy atom. The molecule has 1 aromatic rings. The van der Waals surface area contributed by atoms with Gasteiger partial charge < -0.3 is 26.2 Å². The topological polar surface area (TPSA) is 174 Å². The van der Waals surface area contributed by atoms with Crippen LogP contribution in [0.4, 0.5) is 4.79 Å². The molecule has 15 heteroatoms. The molecule has 0 aromatic carbocycles. The van der Waals surface area contributed by atoms with Crippen molar-refractivity contribution < 1.29 is 32.4 Å². The molecule has 2 aliphatic carbocycles. The summed E-state index contributed by atoms with van der Waals surface area (Å²) < 4.78 is 28.2. The molecule has 3 fully saturated rings. The minimum atomic E-state index is -3.67. The zero-order valence-corrected chi connectivity index (χ0v) is 32.3. The Bertz CT molecular complexity index is 1660. The molecular formula is C36H54N6O7S2. The van der Waals surface area contributed by atoms with Crippen LogP contribution >= 0.6 is 11.3 Å². The first-order valence-corrected chi connectivity index (χ1v) is 20.4. The Morgan fingerprint density at radius 3 is 2.39 bits per heavy atom. The van der Waals surface area contributed by atoms with Gasteiger partial charge in [0.1, 0.15) is 12.1 Å². The number of nitrogens with zero attached hydrogens (tertiary/aromatic N) is 2. The molecular weight excluding hydrogens is 693 g/mol. The number of hydrogen-bond acceptors (Lipinski definition) is 8. The van der Waals surface area contributed by atoms with E-state index >= 15 is 0 Å². The van der Waals surface area contributed by atoms with E-state index in [1.807, 2.05) is 27.7 Å². The molecule has 4 N–H and O–H groups in total. The van der Waals surface area contributed by atoms with Gasteiger partial charge in [-0.1, -0.05) is 73.3 Å². The van der Waals surface area contributed by atoms with Crippen molar-refractivity contribution in [1.82, 2.24) is 30.5 Å². The number of rotatable bonds is 13. The molecule has 1 saturated heterocycles. The van der Waals surface area contributed by atoms with Crippen LogP contribution in [0.5, 0.6) is 0 Å². The summed E-state index contributed by atoms with van der Waals surface area (Å²) in [4.78, 5) is 70.6. The van der Waals surface area contributed by atoms with Gasteiger partial charge >= 0.3 is 6.03 Å². The standard InChI is InChI=1S/C36H54N6O7S2/c1-8-13-23(28(43)31(45)37-17-9-2)38-30(44)27-26-22(35(26,6)7)19-42(27)32(46)29(34(3,4)5)39-33(47)40-36(15-11-10-12-16-36)21-41-20-24-25(14-18-50-24)51(41,48)49/h9,14,18,22-23,26-27,29H,2,8,10-13,15-17,19-21H2,1,3-7H3,(H,37,45)(H,38,44)(H2,39,40,47)/t22-,23?,26-,27?,29+/m0/s1. The molecule has 3 heterocycles. The fourth-order valence-electron chi connectivity index (χ4n) is 8.35. The summed E-state index contributed by atoms with van der Waals surface area (Å²) in [5, 5.41) is 13.1. The summed E-state index contributed by atoms with van der Waals surface area (Å²) >= 11 is 1.41. The van der Waals surface area contributed by atoms with Gasteiger partial charge in [0, 0.05) is 31.1 Å². The zero-order valence-electron chi connectivity index (χ0n) is 30.7. The van der Waals surface area contributed by atoms with Gasteiger partial charge in [-0.05, 0) is 53.4 Å². The molecule has 1 aromatic heterocycles. The molecule has 0 spiro atoms. The van der Waals surface area contributed by atoms with E-state index < -0.39 is 68.6 Å². The Morgan fingerprint density at radius 2 is 1.78 bits per heavy atom. The number of carbonyl (C=O) groups is 5. The van der Waals surface area contributed by atoms with E-state index in [2.05, 4.69) is 41.7 Å². The Hall–Kier alpha value is -3.30. The van der Waals surface area contributed by atoms with Crippen LogP contribution in [0.2, 0.25) is 0 Å². The van der Waals surface area contributed by atoms with Gasteiger partial charge in [0.25, 0.3) is 5.91 Å². The number of nitrogens with one attached hydrogen (secondary N) is 4. The summed E-state index contributed by atoms with van der Waals surface area (Å²) in [6.07, 6.45) is 6.11. The number of carbonyl (C=O) groups excluding carboxylic acids is 5. The van der Waals surface area contributed by atoms with Crippen LogP contribution in [0.25, 0.3) is 0 Å². The lowest BCUT2D eigenvalue weighted by molar-refractivity contribution is -0.145. The number of amides is 5. The highest BCUT2D eigenvalue weighted by Gasteiger charge is 2.70. The molecule has 2 aliphatic heterocycles. The minimum absolute atomic E-state index is 0.0546. The van der Waals surface area contributed by atoms with E-state index in [1.165, 1.54) is 26.6 Å². The molecule has 0 radical (unpaired) electrons. The van der Waals surface area contributed by atoms with Crippen molar-refractivity contribution in [2.45, 2.75) is 122 Å². The van der Waals surface area contributed by atoms with E-state index in [-0.39, 0.29) is 43.3 Å². The number of ketones is 1. The summed E-state index contributed by atoms with van der Waals surface area (Å²) in [6.45, 7) is 15.9. The number of sulfonamides is 1. The number of Topliss-reactive ketones (excluding diaryl/α,β-unsaturated/α-hetero) is 1. The average molecular weight is 747 g/mol. The van der Waals surface area contributed by atoms with Gasteiger partial charge in [-0.25, -0.2) is 13.2 Å². The van der Waals surface area contributed by atoms with E-state index in [0.29, 0.717) is 30.7 Å². The highest BCUT2D eigenvalue weighted by molar-refractivity contribution is 7.89. The molecule has 5 rings (SSSR count). The predicted octanol–water partition coefficient (Wildman–Crippen LogP) is 3.31. The maximum absolute atomic E-state index is 14.5. The maximum atomic E-state index is 14.5. The fourth-order valence-corrected chi connectivity index (χ4v) is 11.3. The third-order valence-electron chi connectivity index (χ3n) is 11.3. The number of fused-ring (bicyclic) bond motifs is 2. The van der Waals surface area contributed by atoms with Crippen molar-refractivity contribution in [2.75, 3.05) is 19.6 Å². The second-order valence-electron chi connectivity index (χ2n) is 16.3. The first-order chi connectivity index (χ1) is 23.9. The lowest BCUT2D eigenvalue weighted by atomic mass is 9.81. The Balaban J connectivity index is 1.33. The summed E-state index contributed by atoms with van der Waals surface area (Å²) in [6, 6.07) is -1.90. The van der Waals surface area contributed by atoms with Crippen molar-refractivity contribution in [3.63, 3.8) is 0 Å². The third-order valence-corrected chi connectivity index (χ3v) is 14.2. The molecule has 0 bridgehead atoms. The number of urea groups is 1. The lowest BCUT2D eigenvalue weighted by Crippen LogP contribution is -2.64. The highest BCUT2D eigenvalue weighted by atomic mass is 32.2. The SMILES string of the molecule is C=CCNC(=O)C(=O)C(CCC)NC(=O)C1[C@@H]2[C@H](CN1C(=O)[C@@H](NC(=O)NC1(CN3Cc4sccc4S3(=O)=O)CCCCC1)C(C)(C)C)C2(C)C. The average Bonchev–Trinajstić information content (AvgIpc) is 3.51. The predicted molar refractivity (Wildman–Crippen MR) is 194 cm³/mol. The normalized spacial score (nSPS) is 25.5. The molecule has 4 aliphatic rings. The quantitative estimate of drug-likeness (QED) is 0.177. The largest absolute Gasteiger partial charge is 0.346 e. The molecule has 13 nitrogen and oxygen atoms in total. The summed E-state index contributed by atoms with van der Waals surface area (Å²) in [5.74, 6) is -2.57. The Kier molecular flexibility index (Phi) is 11.2. The third kappa shape index (κ3) is 7.75. The van der Waals surface area contributed by atoms with Gasteiger partial charge in [-0.3, -0.25) is 19.2 Å². The number of piperidine rings is 1. The van der Waals surface area contributed by atoms with Crippen molar-refractivity contribution in [3.8, 4) is 0 Å². The molecule has 2 saturated carbocycles. The second kappa shape index (κ2) is 14.6. The molecule has 282 valence electrons. The maximum Gasteiger partial charge on any atom is 0.315 e. The van der Waals surface area contributed by atoms with Gasteiger partial charge in [-0.15, -0.1) is 17.9 Å². The van der Waals surface area contributed by atoms with E-state index in [9.17, 15) is 32.4 Å². The van der Waals surface area contributed by atoms with Crippen molar-refractivity contribution in [3.05, 3.63) is 29.0 Å². The minimum Gasteiger partial charge on any atom is -0.346 e. The van der Waals surface area contributed by atoms with Crippen LogP contribution in [0.3, 0.4) is 0 Å². The first kappa shape index (κ1) is 38.9. The number of hydrogen-bond donors (Lipinski definition) is 4. The first-order valence-electron chi connectivity index (χ1n) is 18.1. The second-order valence-corrected chi connectivity index (χ2v) is 19.2. The van der Waals surface area contributed by atoms with E-state index in [1.54, 1.807) is 11.4 Å². The lowest BCUT2D eigenvalue weighted by Gasteiger charge is -2.42. The molecule has 2 unspecified atom stereocenters. The fraction of sp³-hybridized carbons (Fsp3) is 0.694. The zero-order chi connectivity index (χ0) is 37.5. The monoisotopic (exact) mass is 746 g/mol. The van der Waals surface area contributed by atoms with E-state index in [0.717, 1.165) is 24.1 Å². The van der Waals surface area contributed by atoms with Crippen LogP contribution in [-0.2, 0) is 35.7 Å². The van der Waals surface area contributed by atoms with Crippen LogP contribution in [0.15, 0.2) is 29.0 Å².